The number of aryl methyl sites for hydroxylation is 1. The first kappa shape index (κ1) is 7.21. The molecule has 1 aromatic rings. The van der Waals surface area contributed by atoms with Crippen LogP contribution in [0.2, 0.25) is 0 Å². The van der Waals surface area contributed by atoms with E-state index in [4.69, 9.17) is 4.74 Å². The molecule has 0 aliphatic carbocycles. The highest BCUT2D eigenvalue weighted by molar-refractivity contribution is 5.69. The third-order valence-corrected chi connectivity index (χ3v) is 1.99. The Morgan fingerprint density at radius 2 is 2.58 bits per heavy atom. The second-order valence-electron chi connectivity index (χ2n) is 2.82. The normalized spacial score (nSPS) is 22.1. The topological polar surface area (TPSA) is 43.3 Å². The van der Waals surface area contributed by atoms with Crippen LogP contribution < -0.4 is 5.32 Å². The van der Waals surface area contributed by atoms with E-state index < -0.39 is 0 Å². The standard InChI is InChI=1S/C8H10N2O2/c1-10-4-2-3-6(10)7-5-9-8(11)12-7/h2-4,7H,5H2,1H3,(H,9,11). The van der Waals surface area contributed by atoms with Crippen LogP contribution in [0.25, 0.3) is 0 Å². The van der Waals surface area contributed by atoms with Crippen molar-refractivity contribution in [1.82, 2.24) is 9.88 Å². The smallest absolute Gasteiger partial charge is 0.408 e. The average Bonchev–Trinajstić information content (AvgIpc) is 2.58. The van der Waals surface area contributed by atoms with Gasteiger partial charge in [0.05, 0.1) is 12.2 Å². The number of cyclic esters (lactones) is 1. The quantitative estimate of drug-likeness (QED) is 0.670. The minimum absolute atomic E-state index is 0.127. The highest BCUT2D eigenvalue weighted by Crippen LogP contribution is 2.19. The Kier molecular flexibility index (Phi) is 1.53. The summed E-state index contributed by atoms with van der Waals surface area (Å²) in [4.78, 5) is 10.7. The van der Waals surface area contributed by atoms with E-state index in [2.05, 4.69) is 5.32 Å². The zero-order chi connectivity index (χ0) is 8.55. The Balaban J connectivity index is 2.21. The van der Waals surface area contributed by atoms with Crippen molar-refractivity contribution in [2.45, 2.75) is 6.10 Å². The molecule has 1 atom stereocenters. The Hall–Kier alpha value is -1.45. The zero-order valence-corrected chi connectivity index (χ0v) is 6.78. The summed E-state index contributed by atoms with van der Waals surface area (Å²) in [5, 5.41) is 2.61. The van der Waals surface area contributed by atoms with Crippen molar-refractivity contribution in [3.8, 4) is 0 Å². The Morgan fingerprint density at radius 3 is 3.08 bits per heavy atom. The molecule has 0 aromatic carbocycles. The van der Waals surface area contributed by atoms with Crippen molar-refractivity contribution in [2.24, 2.45) is 7.05 Å². The molecule has 1 amide bonds. The van der Waals surface area contributed by atoms with Crippen LogP contribution in [0.5, 0.6) is 0 Å². The Labute approximate surface area is 70.1 Å². The van der Waals surface area contributed by atoms with Gasteiger partial charge in [0.25, 0.3) is 0 Å². The summed E-state index contributed by atoms with van der Waals surface area (Å²) in [6.45, 7) is 0.566. The van der Waals surface area contributed by atoms with Gasteiger partial charge in [-0.05, 0) is 12.1 Å². The predicted molar refractivity (Wildman–Crippen MR) is 42.6 cm³/mol. The van der Waals surface area contributed by atoms with Gasteiger partial charge in [-0.3, -0.25) is 0 Å². The SMILES string of the molecule is Cn1cccc1C1CNC(=O)O1. The second kappa shape index (κ2) is 2.55. The maximum absolute atomic E-state index is 10.7. The first-order valence-electron chi connectivity index (χ1n) is 3.83. The molecule has 1 unspecified atom stereocenters. The summed E-state index contributed by atoms with van der Waals surface area (Å²) < 4.78 is 6.96. The average molecular weight is 166 g/mol. The minimum Gasteiger partial charge on any atom is -0.438 e. The highest BCUT2D eigenvalue weighted by Gasteiger charge is 2.25. The largest absolute Gasteiger partial charge is 0.438 e. The molecule has 1 fully saturated rings. The van der Waals surface area contributed by atoms with Gasteiger partial charge >= 0.3 is 6.09 Å². The van der Waals surface area contributed by atoms with Gasteiger partial charge in [0.2, 0.25) is 0 Å². The van der Waals surface area contributed by atoms with Crippen molar-refractivity contribution in [3.05, 3.63) is 24.0 Å². The Bertz CT molecular complexity index is 306. The van der Waals surface area contributed by atoms with E-state index in [0.717, 1.165) is 5.69 Å². The third kappa shape index (κ3) is 1.05. The van der Waals surface area contributed by atoms with Crippen LogP contribution in [-0.2, 0) is 11.8 Å². The third-order valence-electron chi connectivity index (χ3n) is 1.99. The molecule has 1 saturated heterocycles. The molecular formula is C8H10N2O2. The van der Waals surface area contributed by atoms with E-state index >= 15 is 0 Å². The zero-order valence-electron chi connectivity index (χ0n) is 6.78. The number of alkyl carbamates (subject to hydrolysis) is 1. The van der Waals surface area contributed by atoms with E-state index in [-0.39, 0.29) is 12.2 Å². The molecule has 0 radical (unpaired) electrons. The second-order valence-corrected chi connectivity index (χ2v) is 2.82. The fourth-order valence-corrected chi connectivity index (χ4v) is 1.36. The van der Waals surface area contributed by atoms with Crippen LogP contribution in [0.1, 0.15) is 11.8 Å². The van der Waals surface area contributed by atoms with Gasteiger partial charge in [0, 0.05) is 13.2 Å². The van der Waals surface area contributed by atoms with Gasteiger partial charge in [-0.2, -0.15) is 0 Å². The molecular weight excluding hydrogens is 156 g/mol. The van der Waals surface area contributed by atoms with Crippen LogP contribution in [-0.4, -0.2) is 17.2 Å². The fraction of sp³-hybridized carbons (Fsp3) is 0.375. The van der Waals surface area contributed by atoms with Crippen molar-refractivity contribution >= 4 is 6.09 Å². The number of nitrogens with one attached hydrogen (secondary N) is 1. The first-order chi connectivity index (χ1) is 5.77. The predicted octanol–water partition coefficient (Wildman–Crippen LogP) is 0.806. The van der Waals surface area contributed by atoms with E-state index in [9.17, 15) is 4.79 Å². The van der Waals surface area contributed by atoms with Gasteiger partial charge in [0.1, 0.15) is 0 Å². The van der Waals surface area contributed by atoms with E-state index in [1.807, 2.05) is 29.9 Å². The molecule has 1 aliphatic heterocycles. The number of rotatable bonds is 1. The fourth-order valence-electron chi connectivity index (χ4n) is 1.36. The highest BCUT2D eigenvalue weighted by atomic mass is 16.6. The summed E-state index contributed by atoms with van der Waals surface area (Å²) in [6, 6.07) is 3.88. The number of carbonyl (C=O) groups is 1. The molecule has 2 rings (SSSR count). The van der Waals surface area contributed by atoms with Crippen LogP contribution in [0.4, 0.5) is 4.79 Å². The van der Waals surface area contributed by atoms with E-state index in [0.29, 0.717) is 6.54 Å². The maximum atomic E-state index is 10.7. The van der Waals surface area contributed by atoms with E-state index in [1.165, 1.54) is 0 Å². The van der Waals surface area contributed by atoms with Gasteiger partial charge in [0.15, 0.2) is 6.10 Å². The van der Waals surface area contributed by atoms with Gasteiger partial charge < -0.3 is 14.6 Å². The molecule has 0 saturated carbocycles. The number of aromatic nitrogens is 1. The van der Waals surface area contributed by atoms with Crippen LogP contribution in [0.15, 0.2) is 18.3 Å². The molecule has 4 nitrogen and oxygen atoms in total. The molecule has 64 valence electrons. The van der Waals surface area contributed by atoms with E-state index in [1.54, 1.807) is 0 Å². The Morgan fingerprint density at radius 1 is 1.75 bits per heavy atom. The number of hydrogen-bond acceptors (Lipinski definition) is 2. The van der Waals surface area contributed by atoms with Crippen molar-refractivity contribution in [3.63, 3.8) is 0 Å². The number of nitrogens with zero attached hydrogens (tertiary/aromatic N) is 1. The van der Waals surface area contributed by atoms with Crippen molar-refractivity contribution in [2.75, 3.05) is 6.54 Å². The lowest BCUT2D eigenvalue weighted by atomic mass is 10.2. The lowest BCUT2D eigenvalue weighted by Gasteiger charge is -2.08. The maximum Gasteiger partial charge on any atom is 0.408 e. The van der Waals surface area contributed by atoms with Gasteiger partial charge in [-0.15, -0.1) is 0 Å². The summed E-state index contributed by atoms with van der Waals surface area (Å²) in [6.07, 6.45) is 1.47. The van der Waals surface area contributed by atoms with Crippen LogP contribution in [0, 0.1) is 0 Å². The van der Waals surface area contributed by atoms with Crippen molar-refractivity contribution < 1.29 is 9.53 Å². The lowest BCUT2D eigenvalue weighted by Crippen LogP contribution is -2.12. The number of carbonyl (C=O) groups excluding carboxylic acids is 1. The minimum atomic E-state index is -0.332. The molecule has 2 heterocycles. The number of ether oxygens (including phenoxy) is 1. The summed E-state index contributed by atoms with van der Waals surface area (Å²) >= 11 is 0. The molecule has 1 aromatic heterocycles. The monoisotopic (exact) mass is 166 g/mol. The molecule has 4 heteroatoms. The molecule has 0 spiro atoms. The summed E-state index contributed by atoms with van der Waals surface area (Å²) in [5.74, 6) is 0. The van der Waals surface area contributed by atoms with Crippen LogP contribution in [0.3, 0.4) is 0 Å². The molecule has 12 heavy (non-hydrogen) atoms. The summed E-state index contributed by atoms with van der Waals surface area (Å²) in [5.41, 5.74) is 1.02. The lowest BCUT2D eigenvalue weighted by molar-refractivity contribution is 0.137. The number of amides is 1. The summed E-state index contributed by atoms with van der Waals surface area (Å²) in [7, 11) is 1.93. The van der Waals surface area contributed by atoms with Gasteiger partial charge in [-0.25, -0.2) is 4.79 Å². The van der Waals surface area contributed by atoms with Gasteiger partial charge in [-0.1, -0.05) is 0 Å². The van der Waals surface area contributed by atoms with Crippen molar-refractivity contribution in [1.29, 1.82) is 0 Å². The number of hydrogen-bond donors (Lipinski definition) is 1. The molecule has 1 N–H and O–H groups in total. The molecule has 1 aliphatic rings. The first-order valence-corrected chi connectivity index (χ1v) is 3.83. The van der Waals surface area contributed by atoms with Crippen LogP contribution >= 0.6 is 0 Å². The molecule has 0 bridgehead atoms.